The van der Waals surface area contributed by atoms with Crippen LogP contribution in [0, 0.1) is 0 Å². The molecule has 0 fully saturated rings. The Labute approximate surface area is 91.9 Å². The number of rotatable bonds is 4. The van der Waals surface area contributed by atoms with Crippen LogP contribution in [0.1, 0.15) is 30.4 Å². The predicted octanol–water partition coefficient (Wildman–Crippen LogP) is 1.65. The molecule has 2 heteroatoms. The van der Waals surface area contributed by atoms with Crippen LogP contribution in [0.4, 0.5) is 0 Å². The molecule has 2 nitrogen and oxygen atoms in total. The Kier molecular flexibility index (Phi) is 3.39. The van der Waals surface area contributed by atoms with Gasteiger partial charge in [0.05, 0.1) is 0 Å². The quantitative estimate of drug-likeness (QED) is 0.782. The van der Waals surface area contributed by atoms with Crippen molar-refractivity contribution in [3.8, 4) is 0 Å². The van der Waals surface area contributed by atoms with Gasteiger partial charge >= 0.3 is 0 Å². The highest BCUT2D eigenvalue weighted by molar-refractivity contribution is 5.37. The van der Waals surface area contributed by atoms with E-state index in [1.165, 1.54) is 17.5 Å². The predicted molar refractivity (Wildman–Crippen MR) is 64.0 cm³/mol. The molecule has 1 aromatic carbocycles. The first-order valence-corrected chi connectivity index (χ1v) is 5.88. The van der Waals surface area contributed by atoms with Crippen molar-refractivity contribution in [3.05, 3.63) is 35.4 Å². The second kappa shape index (κ2) is 4.77. The summed E-state index contributed by atoms with van der Waals surface area (Å²) >= 11 is 0. The van der Waals surface area contributed by atoms with Crippen molar-refractivity contribution in [2.75, 3.05) is 13.1 Å². The SMILES string of the molecule is CCCNC1Cc2ccccc2C1CN. The van der Waals surface area contributed by atoms with Crippen molar-refractivity contribution < 1.29 is 0 Å². The van der Waals surface area contributed by atoms with Crippen molar-refractivity contribution in [2.24, 2.45) is 5.73 Å². The lowest BCUT2D eigenvalue weighted by Gasteiger charge is -2.19. The molecule has 0 saturated carbocycles. The molecule has 2 rings (SSSR count). The maximum atomic E-state index is 5.87. The molecular formula is C13H20N2. The van der Waals surface area contributed by atoms with Gasteiger partial charge in [0.15, 0.2) is 0 Å². The van der Waals surface area contributed by atoms with Gasteiger partial charge in [0.1, 0.15) is 0 Å². The minimum absolute atomic E-state index is 0.507. The molecule has 82 valence electrons. The van der Waals surface area contributed by atoms with Crippen LogP contribution >= 0.6 is 0 Å². The van der Waals surface area contributed by atoms with E-state index in [2.05, 4.69) is 36.5 Å². The van der Waals surface area contributed by atoms with Gasteiger partial charge in [0.25, 0.3) is 0 Å². The Hall–Kier alpha value is -0.860. The van der Waals surface area contributed by atoms with Crippen molar-refractivity contribution in [1.29, 1.82) is 0 Å². The van der Waals surface area contributed by atoms with Crippen molar-refractivity contribution in [2.45, 2.75) is 31.7 Å². The van der Waals surface area contributed by atoms with Crippen LogP contribution in [0.5, 0.6) is 0 Å². The lowest BCUT2D eigenvalue weighted by Crippen LogP contribution is -2.36. The molecule has 2 atom stereocenters. The van der Waals surface area contributed by atoms with Gasteiger partial charge in [-0.3, -0.25) is 0 Å². The van der Waals surface area contributed by atoms with Gasteiger partial charge in [-0.05, 0) is 30.5 Å². The maximum Gasteiger partial charge on any atom is 0.0188 e. The van der Waals surface area contributed by atoms with Crippen molar-refractivity contribution in [1.82, 2.24) is 5.32 Å². The van der Waals surface area contributed by atoms with Gasteiger partial charge < -0.3 is 11.1 Å². The number of hydrogen-bond donors (Lipinski definition) is 2. The smallest absolute Gasteiger partial charge is 0.0188 e. The molecule has 1 aromatic rings. The molecule has 15 heavy (non-hydrogen) atoms. The average Bonchev–Trinajstić information content (AvgIpc) is 2.63. The zero-order chi connectivity index (χ0) is 10.7. The van der Waals surface area contributed by atoms with Gasteiger partial charge in [-0.1, -0.05) is 31.2 Å². The lowest BCUT2D eigenvalue weighted by atomic mass is 9.98. The molecule has 0 aromatic heterocycles. The number of fused-ring (bicyclic) bond motifs is 1. The zero-order valence-electron chi connectivity index (χ0n) is 9.37. The zero-order valence-corrected chi connectivity index (χ0v) is 9.37. The van der Waals surface area contributed by atoms with Crippen LogP contribution in [0.3, 0.4) is 0 Å². The summed E-state index contributed by atoms with van der Waals surface area (Å²) in [5, 5.41) is 3.60. The third kappa shape index (κ3) is 2.06. The Bertz CT molecular complexity index is 322. The minimum atomic E-state index is 0.507. The molecule has 0 saturated heterocycles. The molecule has 0 bridgehead atoms. The molecule has 0 aliphatic heterocycles. The fraction of sp³-hybridized carbons (Fsp3) is 0.538. The van der Waals surface area contributed by atoms with Gasteiger partial charge in [-0.15, -0.1) is 0 Å². The van der Waals surface area contributed by atoms with E-state index in [0.717, 1.165) is 19.5 Å². The Morgan fingerprint density at radius 3 is 2.93 bits per heavy atom. The number of benzene rings is 1. The highest BCUT2D eigenvalue weighted by Crippen LogP contribution is 2.32. The van der Waals surface area contributed by atoms with Crippen LogP contribution in [0.25, 0.3) is 0 Å². The van der Waals surface area contributed by atoms with Crippen molar-refractivity contribution in [3.63, 3.8) is 0 Å². The minimum Gasteiger partial charge on any atom is -0.330 e. The second-order valence-corrected chi connectivity index (χ2v) is 4.31. The number of nitrogens with one attached hydrogen (secondary N) is 1. The van der Waals surface area contributed by atoms with E-state index in [1.807, 2.05) is 0 Å². The van der Waals surface area contributed by atoms with Gasteiger partial charge in [-0.2, -0.15) is 0 Å². The number of hydrogen-bond acceptors (Lipinski definition) is 2. The van der Waals surface area contributed by atoms with Gasteiger partial charge in [-0.25, -0.2) is 0 Å². The van der Waals surface area contributed by atoms with Gasteiger partial charge in [0, 0.05) is 18.5 Å². The molecule has 2 unspecified atom stereocenters. The topological polar surface area (TPSA) is 38.0 Å². The summed E-state index contributed by atoms with van der Waals surface area (Å²) in [5.41, 5.74) is 8.80. The van der Waals surface area contributed by atoms with Crippen LogP contribution in [0.2, 0.25) is 0 Å². The van der Waals surface area contributed by atoms with E-state index in [1.54, 1.807) is 0 Å². The van der Waals surface area contributed by atoms with E-state index < -0.39 is 0 Å². The molecule has 1 aliphatic carbocycles. The van der Waals surface area contributed by atoms with Crippen LogP contribution < -0.4 is 11.1 Å². The maximum absolute atomic E-state index is 5.87. The Morgan fingerprint density at radius 2 is 2.20 bits per heavy atom. The van der Waals surface area contributed by atoms with Crippen LogP contribution in [-0.4, -0.2) is 19.1 Å². The second-order valence-electron chi connectivity index (χ2n) is 4.31. The summed E-state index contributed by atoms with van der Waals surface area (Å²) in [4.78, 5) is 0. The summed E-state index contributed by atoms with van der Waals surface area (Å²) in [6.45, 7) is 4.04. The first kappa shape index (κ1) is 10.7. The molecular weight excluding hydrogens is 184 g/mol. The van der Waals surface area contributed by atoms with Crippen molar-refractivity contribution >= 4 is 0 Å². The first-order valence-electron chi connectivity index (χ1n) is 5.88. The molecule has 0 spiro atoms. The summed E-state index contributed by atoms with van der Waals surface area (Å²) in [6, 6.07) is 9.23. The first-order chi connectivity index (χ1) is 7.36. The normalized spacial score (nSPS) is 24.1. The van der Waals surface area contributed by atoms with E-state index in [4.69, 9.17) is 5.73 Å². The van der Waals surface area contributed by atoms with E-state index >= 15 is 0 Å². The highest BCUT2D eigenvalue weighted by atomic mass is 14.9. The lowest BCUT2D eigenvalue weighted by molar-refractivity contribution is 0.462. The summed E-state index contributed by atoms with van der Waals surface area (Å²) in [6.07, 6.45) is 2.32. The monoisotopic (exact) mass is 204 g/mol. The fourth-order valence-corrected chi connectivity index (χ4v) is 2.51. The number of nitrogens with two attached hydrogens (primary N) is 1. The van der Waals surface area contributed by atoms with E-state index in [-0.39, 0.29) is 0 Å². The van der Waals surface area contributed by atoms with E-state index in [9.17, 15) is 0 Å². The third-order valence-corrected chi connectivity index (χ3v) is 3.29. The molecule has 3 N–H and O–H groups in total. The summed E-state index contributed by atoms with van der Waals surface area (Å²) in [7, 11) is 0. The molecule has 0 radical (unpaired) electrons. The third-order valence-electron chi connectivity index (χ3n) is 3.29. The van der Waals surface area contributed by atoms with E-state index in [0.29, 0.717) is 12.0 Å². The van der Waals surface area contributed by atoms with Gasteiger partial charge in [0.2, 0.25) is 0 Å². The standard InChI is InChI=1S/C13H20N2/c1-2-7-15-13-8-10-5-3-4-6-11(10)12(13)9-14/h3-6,12-13,15H,2,7-9,14H2,1H3. The fourth-order valence-electron chi connectivity index (χ4n) is 2.51. The summed E-state index contributed by atoms with van der Waals surface area (Å²) in [5.74, 6) is 0.507. The summed E-state index contributed by atoms with van der Waals surface area (Å²) < 4.78 is 0. The van der Waals surface area contributed by atoms with Crippen LogP contribution in [0.15, 0.2) is 24.3 Å². The Balaban J connectivity index is 2.13. The average molecular weight is 204 g/mol. The molecule has 0 heterocycles. The highest BCUT2D eigenvalue weighted by Gasteiger charge is 2.30. The van der Waals surface area contributed by atoms with Crippen LogP contribution in [-0.2, 0) is 6.42 Å². The Morgan fingerprint density at radius 1 is 1.40 bits per heavy atom. The molecule has 1 aliphatic rings. The molecule has 0 amide bonds. The largest absolute Gasteiger partial charge is 0.330 e.